The second kappa shape index (κ2) is 7.22. The number of nitrogens with zero attached hydrogens (tertiary/aromatic N) is 1. The van der Waals surface area contributed by atoms with Crippen LogP contribution in [0.25, 0.3) is 0 Å². The summed E-state index contributed by atoms with van der Waals surface area (Å²) >= 11 is 0. The number of aryl methyl sites for hydroxylation is 1. The van der Waals surface area contributed by atoms with Gasteiger partial charge in [-0.15, -0.1) is 0 Å². The number of ether oxygens (including phenoxy) is 1. The molecule has 1 aliphatic heterocycles. The molecule has 0 saturated carbocycles. The van der Waals surface area contributed by atoms with Gasteiger partial charge in [0, 0.05) is 38.9 Å². The monoisotopic (exact) mass is 290 g/mol. The van der Waals surface area contributed by atoms with Crippen LogP contribution in [0, 0.1) is 12.8 Å². The molecule has 2 rings (SSSR count). The summed E-state index contributed by atoms with van der Waals surface area (Å²) in [6, 6.07) is 7.79. The molecule has 1 saturated heterocycles. The van der Waals surface area contributed by atoms with E-state index in [2.05, 4.69) is 5.32 Å². The van der Waals surface area contributed by atoms with Gasteiger partial charge in [0.25, 0.3) is 0 Å². The van der Waals surface area contributed by atoms with Gasteiger partial charge in [0.2, 0.25) is 11.8 Å². The molecule has 1 fully saturated rings. The van der Waals surface area contributed by atoms with Crippen LogP contribution in [-0.4, -0.2) is 38.6 Å². The zero-order valence-corrected chi connectivity index (χ0v) is 12.6. The number of anilines is 1. The third kappa shape index (κ3) is 4.04. The van der Waals surface area contributed by atoms with Gasteiger partial charge in [-0.3, -0.25) is 9.59 Å². The number of hydrogen-bond donors (Lipinski definition) is 1. The number of nitrogens with one attached hydrogen (secondary N) is 1. The Bertz CT molecular complexity index is 516. The van der Waals surface area contributed by atoms with Crippen molar-refractivity contribution in [3.05, 3.63) is 29.8 Å². The molecule has 0 aromatic heterocycles. The van der Waals surface area contributed by atoms with Gasteiger partial charge in [-0.05, 0) is 31.0 Å². The Hall–Kier alpha value is -1.88. The number of methoxy groups -OCH3 is 1. The molecule has 0 unspecified atom stereocenters. The number of benzene rings is 1. The molecule has 0 radical (unpaired) electrons. The van der Waals surface area contributed by atoms with Crippen LogP contribution < -0.4 is 10.2 Å². The van der Waals surface area contributed by atoms with Gasteiger partial charge in [0.15, 0.2) is 0 Å². The van der Waals surface area contributed by atoms with Crippen molar-refractivity contribution in [1.82, 2.24) is 5.32 Å². The maximum atomic E-state index is 12.1. The van der Waals surface area contributed by atoms with Crippen LogP contribution in [0.15, 0.2) is 24.3 Å². The lowest BCUT2D eigenvalue weighted by atomic mass is 10.1. The topological polar surface area (TPSA) is 58.6 Å². The zero-order chi connectivity index (χ0) is 15.2. The smallest absolute Gasteiger partial charge is 0.227 e. The molecular weight excluding hydrogens is 268 g/mol. The number of amides is 2. The van der Waals surface area contributed by atoms with Crippen molar-refractivity contribution in [2.75, 3.05) is 31.7 Å². The van der Waals surface area contributed by atoms with Gasteiger partial charge in [-0.1, -0.05) is 12.1 Å². The highest BCUT2D eigenvalue weighted by Gasteiger charge is 2.34. The second-order valence-electron chi connectivity index (χ2n) is 5.38. The van der Waals surface area contributed by atoms with Gasteiger partial charge in [0.05, 0.1) is 5.92 Å². The first-order valence-electron chi connectivity index (χ1n) is 7.25. The summed E-state index contributed by atoms with van der Waals surface area (Å²) < 4.78 is 4.94. The van der Waals surface area contributed by atoms with Crippen LogP contribution in [0.5, 0.6) is 0 Å². The lowest BCUT2D eigenvalue weighted by Gasteiger charge is -2.17. The van der Waals surface area contributed by atoms with Crippen LogP contribution in [0.1, 0.15) is 18.4 Å². The molecule has 1 aliphatic rings. The molecule has 0 spiro atoms. The van der Waals surface area contributed by atoms with Crippen LogP contribution in [0.3, 0.4) is 0 Å². The molecule has 1 aromatic carbocycles. The van der Waals surface area contributed by atoms with Crippen LogP contribution in [0.2, 0.25) is 0 Å². The predicted molar refractivity (Wildman–Crippen MR) is 81.1 cm³/mol. The molecule has 0 bridgehead atoms. The standard InChI is InChI=1S/C16H22N2O3/c1-12-5-3-6-14(9-12)18-11-13(10-15(18)19)16(20)17-7-4-8-21-2/h3,5-6,9,13H,4,7-8,10-11H2,1-2H3,(H,17,20)/t13-/m1/s1. The Kier molecular flexibility index (Phi) is 5.33. The highest BCUT2D eigenvalue weighted by atomic mass is 16.5. The van der Waals surface area contributed by atoms with Gasteiger partial charge in [-0.25, -0.2) is 0 Å². The summed E-state index contributed by atoms with van der Waals surface area (Å²) in [5.74, 6) is -0.298. The lowest BCUT2D eigenvalue weighted by Crippen LogP contribution is -2.33. The summed E-state index contributed by atoms with van der Waals surface area (Å²) in [4.78, 5) is 25.9. The van der Waals surface area contributed by atoms with Crippen molar-refractivity contribution >= 4 is 17.5 Å². The van der Waals surface area contributed by atoms with Crippen LogP contribution >= 0.6 is 0 Å². The molecule has 0 aliphatic carbocycles. The number of carbonyl (C=O) groups excluding carboxylic acids is 2. The van der Waals surface area contributed by atoms with E-state index in [0.29, 0.717) is 19.7 Å². The molecule has 5 heteroatoms. The third-order valence-corrected chi connectivity index (χ3v) is 3.63. The van der Waals surface area contributed by atoms with Gasteiger partial charge >= 0.3 is 0 Å². The molecule has 5 nitrogen and oxygen atoms in total. The molecule has 1 N–H and O–H groups in total. The average Bonchev–Trinajstić information content (AvgIpc) is 2.85. The third-order valence-electron chi connectivity index (χ3n) is 3.63. The quantitative estimate of drug-likeness (QED) is 0.808. The van der Waals surface area contributed by atoms with Crippen LogP contribution in [-0.2, 0) is 14.3 Å². The summed E-state index contributed by atoms with van der Waals surface area (Å²) in [6.07, 6.45) is 1.06. The minimum absolute atomic E-state index is 0.0117. The Balaban J connectivity index is 1.91. The summed E-state index contributed by atoms with van der Waals surface area (Å²) in [7, 11) is 1.64. The fourth-order valence-electron chi connectivity index (χ4n) is 2.50. The Morgan fingerprint density at radius 3 is 3.00 bits per heavy atom. The first kappa shape index (κ1) is 15.5. The van der Waals surface area contributed by atoms with E-state index in [1.54, 1.807) is 12.0 Å². The molecule has 1 heterocycles. The lowest BCUT2D eigenvalue weighted by molar-refractivity contribution is -0.126. The van der Waals surface area contributed by atoms with E-state index in [4.69, 9.17) is 4.74 Å². The van der Waals surface area contributed by atoms with Gasteiger partial charge < -0.3 is 15.0 Å². The number of rotatable bonds is 6. The molecule has 2 amide bonds. The zero-order valence-electron chi connectivity index (χ0n) is 12.6. The first-order chi connectivity index (χ1) is 10.1. The minimum atomic E-state index is -0.263. The minimum Gasteiger partial charge on any atom is -0.385 e. The SMILES string of the molecule is COCCCNC(=O)[C@@H]1CC(=O)N(c2cccc(C)c2)C1. The van der Waals surface area contributed by atoms with E-state index in [-0.39, 0.29) is 24.2 Å². The van der Waals surface area contributed by atoms with E-state index in [1.165, 1.54) is 0 Å². The van der Waals surface area contributed by atoms with Crippen molar-refractivity contribution in [2.45, 2.75) is 19.8 Å². The summed E-state index contributed by atoms with van der Waals surface area (Å²) in [5.41, 5.74) is 1.97. The Morgan fingerprint density at radius 1 is 1.48 bits per heavy atom. The second-order valence-corrected chi connectivity index (χ2v) is 5.38. The maximum Gasteiger partial charge on any atom is 0.227 e. The van der Waals surface area contributed by atoms with E-state index in [1.807, 2.05) is 31.2 Å². The normalized spacial score (nSPS) is 18.1. The van der Waals surface area contributed by atoms with Crippen molar-refractivity contribution in [2.24, 2.45) is 5.92 Å². The fraction of sp³-hybridized carbons (Fsp3) is 0.500. The molecule has 21 heavy (non-hydrogen) atoms. The highest BCUT2D eigenvalue weighted by Crippen LogP contribution is 2.25. The largest absolute Gasteiger partial charge is 0.385 e. The van der Waals surface area contributed by atoms with Crippen LogP contribution in [0.4, 0.5) is 5.69 Å². The fourth-order valence-corrected chi connectivity index (χ4v) is 2.50. The maximum absolute atomic E-state index is 12.1. The highest BCUT2D eigenvalue weighted by molar-refractivity contribution is 6.00. The Morgan fingerprint density at radius 2 is 2.29 bits per heavy atom. The summed E-state index contributed by atoms with van der Waals surface area (Å²) in [6.45, 7) is 3.66. The predicted octanol–water partition coefficient (Wildman–Crippen LogP) is 1.50. The van der Waals surface area contributed by atoms with E-state index >= 15 is 0 Å². The number of hydrogen-bond acceptors (Lipinski definition) is 3. The van der Waals surface area contributed by atoms with Crippen molar-refractivity contribution in [1.29, 1.82) is 0 Å². The molecule has 1 aromatic rings. The average molecular weight is 290 g/mol. The molecular formula is C16H22N2O3. The van der Waals surface area contributed by atoms with E-state index in [9.17, 15) is 9.59 Å². The van der Waals surface area contributed by atoms with E-state index in [0.717, 1.165) is 17.7 Å². The molecule has 1 atom stereocenters. The first-order valence-corrected chi connectivity index (χ1v) is 7.25. The van der Waals surface area contributed by atoms with E-state index < -0.39 is 0 Å². The van der Waals surface area contributed by atoms with Gasteiger partial charge in [-0.2, -0.15) is 0 Å². The summed E-state index contributed by atoms with van der Waals surface area (Å²) in [5, 5.41) is 2.87. The number of carbonyl (C=O) groups is 2. The van der Waals surface area contributed by atoms with Crippen molar-refractivity contribution < 1.29 is 14.3 Å². The van der Waals surface area contributed by atoms with Crippen molar-refractivity contribution in [3.63, 3.8) is 0 Å². The Labute approximate surface area is 125 Å². The van der Waals surface area contributed by atoms with Gasteiger partial charge in [0.1, 0.15) is 0 Å². The molecule has 114 valence electrons. The van der Waals surface area contributed by atoms with Crippen molar-refractivity contribution in [3.8, 4) is 0 Å².